The van der Waals surface area contributed by atoms with Gasteiger partial charge in [0, 0.05) is 12.1 Å². The standard InChI is InChI=1S/C17H20N2O3S/c1-11(2)9-19(10-14(20)21)17(22)15-12(3)18-16(23-15)13-7-5-4-6-8-13/h4-8,11H,9-10H2,1-3H3,(H,20,21). The molecule has 0 radical (unpaired) electrons. The number of carbonyl (C=O) groups excluding carboxylic acids is 1. The average molecular weight is 332 g/mol. The van der Waals surface area contributed by atoms with Crippen LogP contribution < -0.4 is 0 Å². The van der Waals surface area contributed by atoms with E-state index in [1.165, 1.54) is 16.2 Å². The maximum atomic E-state index is 12.7. The molecule has 23 heavy (non-hydrogen) atoms. The highest BCUT2D eigenvalue weighted by molar-refractivity contribution is 7.17. The number of hydrogen-bond acceptors (Lipinski definition) is 4. The lowest BCUT2D eigenvalue weighted by atomic mass is 10.2. The molecule has 0 unspecified atom stereocenters. The molecule has 0 aliphatic rings. The quantitative estimate of drug-likeness (QED) is 0.881. The van der Waals surface area contributed by atoms with Gasteiger partial charge in [-0.15, -0.1) is 11.3 Å². The van der Waals surface area contributed by atoms with E-state index >= 15 is 0 Å². The fraction of sp³-hybridized carbons (Fsp3) is 0.353. The normalized spacial score (nSPS) is 10.8. The first-order valence-electron chi connectivity index (χ1n) is 7.42. The van der Waals surface area contributed by atoms with Crippen molar-refractivity contribution in [2.24, 2.45) is 5.92 Å². The van der Waals surface area contributed by atoms with Gasteiger partial charge in [0.1, 0.15) is 16.4 Å². The molecule has 0 aliphatic carbocycles. The molecule has 1 aromatic carbocycles. The van der Waals surface area contributed by atoms with E-state index in [1.807, 2.05) is 44.2 Å². The first-order chi connectivity index (χ1) is 10.9. The Bertz CT molecular complexity index is 695. The number of rotatable bonds is 6. The molecule has 5 nitrogen and oxygen atoms in total. The van der Waals surface area contributed by atoms with Gasteiger partial charge in [-0.05, 0) is 12.8 Å². The molecule has 0 fully saturated rings. The molecule has 2 aromatic rings. The topological polar surface area (TPSA) is 70.5 Å². The molecular weight excluding hydrogens is 312 g/mol. The highest BCUT2D eigenvalue weighted by atomic mass is 32.1. The van der Waals surface area contributed by atoms with Gasteiger partial charge in [0.2, 0.25) is 0 Å². The number of aliphatic carboxylic acids is 1. The molecule has 1 N–H and O–H groups in total. The minimum Gasteiger partial charge on any atom is -0.480 e. The van der Waals surface area contributed by atoms with Gasteiger partial charge in [-0.1, -0.05) is 44.2 Å². The summed E-state index contributed by atoms with van der Waals surface area (Å²) in [4.78, 5) is 30.1. The molecule has 0 aliphatic heterocycles. The number of hydrogen-bond donors (Lipinski definition) is 1. The van der Waals surface area contributed by atoms with Crippen molar-refractivity contribution >= 4 is 23.2 Å². The van der Waals surface area contributed by atoms with Gasteiger partial charge >= 0.3 is 5.97 Å². The molecule has 1 amide bonds. The molecule has 0 spiro atoms. The van der Waals surface area contributed by atoms with Crippen LogP contribution in [0.15, 0.2) is 30.3 Å². The molecule has 1 heterocycles. The van der Waals surface area contributed by atoms with Gasteiger partial charge in [0.25, 0.3) is 5.91 Å². The number of carboxylic acids is 1. The third-order valence-electron chi connectivity index (χ3n) is 3.21. The average Bonchev–Trinajstić information content (AvgIpc) is 2.88. The van der Waals surface area contributed by atoms with Crippen molar-refractivity contribution in [3.63, 3.8) is 0 Å². The van der Waals surface area contributed by atoms with Crippen molar-refractivity contribution in [2.45, 2.75) is 20.8 Å². The second kappa shape index (κ2) is 7.37. The van der Waals surface area contributed by atoms with E-state index in [9.17, 15) is 9.59 Å². The Kier molecular flexibility index (Phi) is 5.50. The van der Waals surface area contributed by atoms with Gasteiger partial charge in [-0.25, -0.2) is 4.98 Å². The predicted octanol–water partition coefficient (Wildman–Crippen LogP) is 3.30. The Balaban J connectivity index is 2.30. The minimum atomic E-state index is -1.01. The van der Waals surface area contributed by atoms with Crippen molar-refractivity contribution in [3.05, 3.63) is 40.9 Å². The lowest BCUT2D eigenvalue weighted by molar-refractivity contribution is -0.137. The molecule has 122 valence electrons. The van der Waals surface area contributed by atoms with Crippen LogP contribution >= 0.6 is 11.3 Å². The van der Waals surface area contributed by atoms with E-state index in [4.69, 9.17) is 5.11 Å². The molecular formula is C17H20N2O3S. The molecule has 0 atom stereocenters. The summed E-state index contributed by atoms with van der Waals surface area (Å²) in [6, 6.07) is 9.64. The van der Waals surface area contributed by atoms with Crippen LogP contribution in [-0.2, 0) is 4.79 Å². The molecule has 0 saturated carbocycles. The van der Waals surface area contributed by atoms with Crippen molar-refractivity contribution in [2.75, 3.05) is 13.1 Å². The van der Waals surface area contributed by atoms with Gasteiger partial charge in [-0.2, -0.15) is 0 Å². The number of aryl methyl sites for hydroxylation is 1. The van der Waals surface area contributed by atoms with Crippen molar-refractivity contribution in [1.29, 1.82) is 0 Å². The fourth-order valence-electron chi connectivity index (χ4n) is 2.27. The Hall–Kier alpha value is -2.21. The smallest absolute Gasteiger partial charge is 0.323 e. The van der Waals surface area contributed by atoms with E-state index in [0.717, 1.165) is 10.6 Å². The molecule has 0 bridgehead atoms. The van der Waals surface area contributed by atoms with E-state index < -0.39 is 5.97 Å². The third kappa shape index (κ3) is 4.39. The fourth-order valence-corrected chi connectivity index (χ4v) is 3.31. The van der Waals surface area contributed by atoms with Crippen LogP contribution in [0.1, 0.15) is 29.2 Å². The van der Waals surface area contributed by atoms with Crippen molar-refractivity contribution in [3.8, 4) is 10.6 Å². The Labute approximate surface area is 139 Å². The maximum Gasteiger partial charge on any atom is 0.323 e. The molecule has 2 rings (SSSR count). The van der Waals surface area contributed by atoms with E-state index in [1.54, 1.807) is 6.92 Å². The van der Waals surface area contributed by atoms with Crippen LogP contribution in [0.25, 0.3) is 10.6 Å². The van der Waals surface area contributed by atoms with Crippen LogP contribution in [-0.4, -0.2) is 40.0 Å². The molecule has 1 aromatic heterocycles. The zero-order valence-corrected chi connectivity index (χ0v) is 14.3. The van der Waals surface area contributed by atoms with Crippen LogP contribution in [0.2, 0.25) is 0 Å². The van der Waals surface area contributed by atoms with Gasteiger partial charge < -0.3 is 10.0 Å². The largest absolute Gasteiger partial charge is 0.480 e. The number of aromatic nitrogens is 1. The summed E-state index contributed by atoms with van der Waals surface area (Å²) in [5.74, 6) is -1.08. The van der Waals surface area contributed by atoms with Crippen LogP contribution in [0.4, 0.5) is 0 Å². The van der Waals surface area contributed by atoms with Crippen molar-refractivity contribution in [1.82, 2.24) is 9.88 Å². The van der Waals surface area contributed by atoms with Crippen LogP contribution in [0.3, 0.4) is 0 Å². The highest BCUT2D eigenvalue weighted by Gasteiger charge is 2.24. The maximum absolute atomic E-state index is 12.7. The van der Waals surface area contributed by atoms with E-state index in [-0.39, 0.29) is 18.4 Å². The number of carboxylic acid groups (broad SMARTS) is 1. The van der Waals surface area contributed by atoms with E-state index in [2.05, 4.69) is 4.98 Å². The van der Waals surface area contributed by atoms with Crippen molar-refractivity contribution < 1.29 is 14.7 Å². The number of amides is 1. The number of benzene rings is 1. The summed E-state index contributed by atoms with van der Waals surface area (Å²) in [6.07, 6.45) is 0. The second-order valence-corrected chi connectivity index (χ2v) is 6.77. The zero-order valence-electron chi connectivity index (χ0n) is 13.4. The van der Waals surface area contributed by atoms with Gasteiger partial charge in [-0.3, -0.25) is 9.59 Å². The number of carbonyl (C=O) groups is 2. The number of nitrogens with zero attached hydrogens (tertiary/aromatic N) is 2. The summed E-state index contributed by atoms with van der Waals surface area (Å²) in [5, 5.41) is 9.81. The van der Waals surface area contributed by atoms with Crippen LogP contribution in [0, 0.1) is 12.8 Å². The first-order valence-corrected chi connectivity index (χ1v) is 8.24. The van der Waals surface area contributed by atoms with Gasteiger partial charge in [0.05, 0.1) is 5.69 Å². The Morgan fingerprint density at radius 3 is 2.48 bits per heavy atom. The monoisotopic (exact) mass is 332 g/mol. The SMILES string of the molecule is Cc1nc(-c2ccccc2)sc1C(=O)N(CC(=O)O)CC(C)C. The summed E-state index contributed by atoms with van der Waals surface area (Å²) < 4.78 is 0. The number of thiazole rings is 1. The first kappa shape index (κ1) is 17.1. The molecule has 6 heteroatoms. The van der Waals surface area contributed by atoms with E-state index in [0.29, 0.717) is 17.1 Å². The Morgan fingerprint density at radius 2 is 1.91 bits per heavy atom. The predicted molar refractivity (Wildman–Crippen MR) is 90.7 cm³/mol. The lowest BCUT2D eigenvalue weighted by Crippen LogP contribution is -2.38. The second-order valence-electron chi connectivity index (χ2n) is 5.77. The third-order valence-corrected chi connectivity index (χ3v) is 4.40. The van der Waals surface area contributed by atoms with Crippen LogP contribution in [0.5, 0.6) is 0 Å². The minimum absolute atomic E-state index is 0.195. The zero-order chi connectivity index (χ0) is 17.0. The highest BCUT2D eigenvalue weighted by Crippen LogP contribution is 2.28. The molecule has 0 saturated heterocycles. The summed E-state index contributed by atoms with van der Waals surface area (Å²) in [6.45, 7) is 5.80. The summed E-state index contributed by atoms with van der Waals surface area (Å²) in [5.41, 5.74) is 1.59. The summed E-state index contributed by atoms with van der Waals surface area (Å²) >= 11 is 1.31. The Morgan fingerprint density at radius 1 is 1.26 bits per heavy atom. The van der Waals surface area contributed by atoms with Gasteiger partial charge in [0.15, 0.2) is 0 Å². The summed E-state index contributed by atoms with van der Waals surface area (Å²) in [7, 11) is 0. The lowest BCUT2D eigenvalue weighted by Gasteiger charge is -2.22.